The normalized spacial score (nSPS) is 13.4. The van der Waals surface area contributed by atoms with Gasteiger partial charge < -0.3 is 14.6 Å². The molecule has 236 valence electrons. The van der Waals surface area contributed by atoms with Crippen LogP contribution in [0.2, 0.25) is 0 Å². The summed E-state index contributed by atoms with van der Waals surface area (Å²) in [6.07, 6.45) is 4.93. The Balaban J connectivity index is 1.65. The molecule has 2 heterocycles. The van der Waals surface area contributed by atoms with Crippen molar-refractivity contribution in [3.63, 3.8) is 0 Å². The van der Waals surface area contributed by atoms with E-state index >= 15 is 4.57 Å². The fourth-order valence-corrected chi connectivity index (χ4v) is 7.39. The molecule has 0 fully saturated rings. The molecule has 0 saturated heterocycles. The average Bonchev–Trinajstić information content (AvgIpc) is 3.43. The third kappa shape index (κ3) is 7.74. The van der Waals surface area contributed by atoms with Crippen LogP contribution in [-0.4, -0.2) is 45.6 Å². The minimum atomic E-state index is -4.17. The predicted molar refractivity (Wildman–Crippen MR) is 181 cm³/mol. The van der Waals surface area contributed by atoms with Crippen LogP contribution in [-0.2, 0) is 14.1 Å². The summed E-state index contributed by atoms with van der Waals surface area (Å²) in [4.78, 5) is 31.3. The Labute approximate surface area is 271 Å². The number of hydrogen-bond donors (Lipinski definition) is 2. The zero-order valence-corrected chi connectivity index (χ0v) is 27.5. The minimum Gasteiger partial charge on any atom is -0.462 e. The molecule has 0 saturated carbocycles. The van der Waals surface area contributed by atoms with E-state index in [-0.39, 0.29) is 12.0 Å². The topological polar surface area (TPSA) is 124 Å². The van der Waals surface area contributed by atoms with Gasteiger partial charge in [0, 0.05) is 28.4 Å². The molecule has 2 atom stereocenters. The van der Waals surface area contributed by atoms with Crippen molar-refractivity contribution in [2.45, 2.75) is 42.7 Å². The lowest BCUT2D eigenvalue weighted by molar-refractivity contribution is -0.149. The van der Waals surface area contributed by atoms with Crippen molar-refractivity contribution in [1.29, 1.82) is 0 Å². The first-order chi connectivity index (χ1) is 22.2. The fraction of sp³-hybridized carbons (Fsp3) is 0.176. The Bertz CT molecular complexity index is 1910. The molecule has 0 spiro atoms. The third-order valence-corrected chi connectivity index (χ3v) is 9.67. The number of ether oxygens (including phenoxy) is 1. The van der Waals surface area contributed by atoms with Crippen LogP contribution in [0.15, 0.2) is 107 Å². The van der Waals surface area contributed by atoms with Crippen LogP contribution in [0.5, 0.6) is 5.75 Å². The molecular weight excluding hydrogens is 621 g/mol. The van der Waals surface area contributed by atoms with Gasteiger partial charge in [-0.05, 0) is 87.5 Å². The monoisotopic (exact) mass is 655 g/mol. The van der Waals surface area contributed by atoms with Gasteiger partial charge in [-0.3, -0.25) is 14.6 Å². The highest BCUT2D eigenvalue weighted by atomic mass is 32.2. The molecule has 0 bridgehead atoms. The third-order valence-electron chi connectivity index (χ3n) is 6.63. The number of benzene rings is 3. The van der Waals surface area contributed by atoms with Gasteiger partial charge in [-0.15, -0.1) is 0 Å². The first-order valence-electron chi connectivity index (χ1n) is 14.6. The summed E-state index contributed by atoms with van der Waals surface area (Å²) < 4.78 is 27.9. The second-order valence-electron chi connectivity index (χ2n) is 10.5. The molecule has 1 amide bonds. The molecule has 46 heavy (non-hydrogen) atoms. The second kappa shape index (κ2) is 14.6. The number of pyridine rings is 1. The maximum atomic E-state index is 15.0. The molecule has 5 aromatic rings. The number of nitrogens with zero attached hydrogens (tertiary/aromatic N) is 3. The highest BCUT2D eigenvalue weighted by molar-refractivity contribution is 7.99. The van der Waals surface area contributed by atoms with Crippen molar-refractivity contribution in [1.82, 2.24) is 24.9 Å². The molecule has 2 N–H and O–H groups in total. The van der Waals surface area contributed by atoms with E-state index in [1.165, 1.54) is 16.2 Å². The van der Waals surface area contributed by atoms with Crippen LogP contribution in [0.4, 0.5) is 0 Å². The van der Waals surface area contributed by atoms with Crippen molar-refractivity contribution < 1.29 is 23.4 Å². The van der Waals surface area contributed by atoms with Crippen LogP contribution in [0.1, 0.15) is 42.5 Å². The Kier molecular flexibility index (Phi) is 10.4. The number of carbonyl (C=O) groups excluding carboxylic acids is 2. The Morgan fingerprint density at radius 2 is 1.67 bits per heavy atom. The molecule has 5 rings (SSSR count). The van der Waals surface area contributed by atoms with Crippen molar-refractivity contribution >= 4 is 54.4 Å². The van der Waals surface area contributed by atoms with Gasteiger partial charge in [0.25, 0.3) is 5.91 Å². The number of nitrogens with one attached hydrogen (secondary N) is 2. The van der Waals surface area contributed by atoms with Gasteiger partial charge in [-0.1, -0.05) is 48.2 Å². The molecule has 0 aliphatic carbocycles. The van der Waals surface area contributed by atoms with Gasteiger partial charge in [0.2, 0.25) is 0 Å². The molecule has 2 aromatic heterocycles. The lowest BCUT2D eigenvalue weighted by Gasteiger charge is -2.24. The lowest BCUT2D eigenvalue weighted by atomic mass is 10.2. The SMILES string of the molecule is CNC(=O)c1ccccc1Sc1ccc2c(/C=C/c3ccccn3)nn(P(=O)(N[C@@H](C)C(=O)OC(C)C)Oc3ccccc3)c2c1. The Morgan fingerprint density at radius 3 is 2.39 bits per heavy atom. The molecule has 0 aliphatic heterocycles. The van der Waals surface area contributed by atoms with E-state index in [1.54, 1.807) is 76.5 Å². The van der Waals surface area contributed by atoms with E-state index in [0.717, 1.165) is 15.5 Å². The molecule has 12 heteroatoms. The number of hydrogen-bond acceptors (Lipinski definition) is 8. The summed E-state index contributed by atoms with van der Waals surface area (Å²) in [6, 6.07) is 26.2. The quantitative estimate of drug-likeness (QED) is 0.107. The molecule has 3 aromatic carbocycles. The predicted octanol–water partition coefficient (Wildman–Crippen LogP) is 7.08. The Hall–Kier alpha value is -4.70. The van der Waals surface area contributed by atoms with Crippen molar-refractivity contribution in [2.75, 3.05) is 7.05 Å². The lowest BCUT2D eigenvalue weighted by Crippen LogP contribution is -2.37. The highest BCUT2D eigenvalue weighted by Crippen LogP contribution is 2.48. The van der Waals surface area contributed by atoms with Gasteiger partial charge in [-0.2, -0.15) is 9.55 Å². The summed E-state index contributed by atoms with van der Waals surface area (Å²) in [5.41, 5.74) is 2.24. The van der Waals surface area contributed by atoms with Gasteiger partial charge in [0.1, 0.15) is 11.8 Å². The average molecular weight is 656 g/mol. The first kappa shape index (κ1) is 32.7. The number of carbonyl (C=O) groups is 2. The molecule has 10 nitrogen and oxygen atoms in total. The van der Waals surface area contributed by atoms with Crippen molar-refractivity contribution in [2.24, 2.45) is 0 Å². The van der Waals surface area contributed by atoms with Gasteiger partial charge in [0.05, 0.1) is 28.6 Å². The van der Waals surface area contributed by atoms with E-state index in [2.05, 4.69) is 15.4 Å². The number of para-hydroxylation sites is 1. The molecule has 0 aliphatic rings. The summed E-state index contributed by atoms with van der Waals surface area (Å²) in [6.45, 7) is 5.05. The van der Waals surface area contributed by atoms with E-state index in [0.29, 0.717) is 27.9 Å². The van der Waals surface area contributed by atoms with E-state index in [9.17, 15) is 9.59 Å². The van der Waals surface area contributed by atoms with Crippen LogP contribution >= 0.6 is 19.4 Å². The van der Waals surface area contributed by atoms with E-state index < -0.39 is 19.7 Å². The van der Waals surface area contributed by atoms with Crippen LogP contribution in [0.3, 0.4) is 0 Å². The standard InChI is InChI=1S/C34H34N5O5PS/c1-23(2)43-34(41)24(3)38-45(42,44-26-13-6-5-7-14-26)39-31-22-27(46-32-16-9-8-15-29(32)33(40)35-4)18-19-28(31)30(37-39)20-17-25-12-10-11-21-36-25/h5-24H,1-4H3,(H,35,40)(H,38,42)/b20-17+/t24-,45?/m0/s1. The largest absolute Gasteiger partial charge is 0.462 e. The second-order valence-corrected chi connectivity index (χ2v) is 13.5. The zero-order valence-electron chi connectivity index (χ0n) is 25.8. The van der Waals surface area contributed by atoms with Gasteiger partial charge >= 0.3 is 13.6 Å². The Morgan fingerprint density at radius 1 is 0.935 bits per heavy atom. The maximum Gasteiger partial charge on any atom is 0.440 e. The smallest absolute Gasteiger partial charge is 0.440 e. The van der Waals surface area contributed by atoms with Crippen molar-refractivity contribution in [3.8, 4) is 5.75 Å². The summed E-state index contributed by atoms with van der Waals surface area (Å²) in [5, 5.41) is 11.1. The molecular formula is C34H34N5O5PS. The van der Waals surface area contributed by atoms with Gasteiger partial charge in [0.15, 0.2) is 0 Å². The fourth-order valence-electron chi connectivity index (χ4n) is 4.51. The number of aromatic nitrogens is 3. The summed E-state index contributed by atoms with van der Waals surface area (Å²) in [5.74, 6) is -0.467. The van der Waals surface area contributed by atoms with Crippen molar-refractivity contribution in [3.05, 3.63) is 114 Å². The number of esters is 1. The highest BCUT2D eigenvalue weighted by Gasteiger charge is 2.36. The first-order valence-corrected chi connectivity index (χ1v) is 17.0. The summed E-state index contributed by atoms with van der Waals surface area (Å²) >= 11 is 1.39. The summed E-state index contributed by atoms with van der Waals surface area (Å²) in [7, 11) is -2.58. The van der Waals surface area contributed by atoms with Gasteiger partial charge in [-0.25, -0.2) is 9.65 Å². The van der Waals surface area contributed by atoms with E-state index in [4.69, 9.17) is 14.4 Å². The molecule has 0 radical (unpaired) electrons. The maximum absolute atomic E-state index is 15.0. The van der Waals surface area contributed by atoms with Crippen LogP contribution in [0.25, 0.3) is 23.1 Å². The zero-order chi connectivity index (χ0) is 32.7. The van der Waals surface area contributed by atoms with Crippen LogP contribution < -0.4 is 14.9 Å². The number of fused-ring (bicyclic) bond motifs is 1. The molecule has 1 unspecified atom stereocenters. The van der Waals surface area contributed by atoms with Crippen LogP contribution in [0, 0.1) is 0 Å². The number of amides is 1. The number of rotatable bonds is 12. The van der Waals surface area contributed by atoms with E-state index in [1.807, 2.05) is 60.7 Å². The minimum absolute atomic E-state index is 0.205.